The van der Waals surface area contributed by atoms with Gasteiger partial charge in [-0.3, -0.25) is 4.79 Å². The summed E-state index contributed by atoms with van der Waals surface area (Å²) in [5, 5.41) is 0. The Morgan fingerprint density at radius 3 is 2.89 bits per heavy atom. The van der Waals surface area contributed by atoms with Gasteiger partial charge in [0.15, 0.2) is 0 Å². The Morgan fingerprint density at radius 1 is 1.56 bits per heavy atom. The molecule has 0 bridgehead atoms. The molecule has 0 spiro atoms. The van der Waals surface area contributed by atoms with Gasteiger partial charge in [-0.15, -0.1) is 0 Å². The van der Waals surface area contributed by atoms with Crippen LogP contribution in [-0.2, 0) is 11.3 Å². The molecule has 5 heteroatoms. The van der Waals surface area contributed by atoms with Crippen LogP contribution in [-0.4, -0.2) is 35.9 Å². The van der Waals surface area contributed by atoms with Crippen LogP contribution in [0.4, 0.5) is 0 Å². The second-order valence-corrected chi connectivity index (χ2v) is 6.11. The minimum atomic E-state index is -0.394. The Hall–Kier alpha value is -0.520. The number of nitrogens with two attached hydrogens (primary N) is 1. The molecule has 0 aliphatic rings. The molecule has 18 heavy (non-hydrogen) atoms. The number of hydrogen-bond acceptors (Lipinski definition) is 3. The van der Waals surface area contributed by atoms with Crippen molar-refractivity contribution in [1.82, 2.24) is 4.90 Å². The van der Waals surface area contributed by atoms with E-state index in [9.17, 15) is 4.79 Å². The first-order valence-corrected chi connectivity index (χ1v) is 7.97. The van der Waals surface area contributed by atoms with Crippen molar-refractivity contribution in [2.24, 2.45) is 5.73 Å². The highest BCUT2D eigenvalue weighted by Gasteiger charge is 2.17. The van der Waals surface area contributed by atoms with Crippen LogP contribution in [0.3, 0.4) is 0 Å². The molecule has 1 aromatic rings. The molecule has 100 valence electrons. The molecule has 0 heterocycles. The van der Waals surface area contributed by atoms with Crippen molar-refractivity contribution in [3.8, 4) is 0 Å². The number of hydrogen-bond donors (Lipinski definition) is 1. The van der Waals surface area contributed by atoms with Crippen molar-refractivity contribution in [2.45, 2.75) is 19.0 Å². The number of nitrogens with zero attached hydrogens (tertiary/aromatic N) is 1. The van der Waals surface area contributed by atoms with E-state index < -0.39 is 6.04 Å². The quantitative estimate of drug-likeness (QED) is 0.871. The van der Waals surface area contributed by atoms with Crippen molar-refractivity contribution >= 4 is 33.6 Å². The lowest BCUT2D eigenvalue weighted by Gasteiger charge is -2.21. The molecule has 0 aromatic heterocycles. The number of amides is 1. The van der Waals surface area contributed by atoms with E-state index >= 15 is 0 Å². The lowest BCUT2D eigenvalue weighted by Crippen LogP contribution is -2.41. The van der Waals surface area contributed by atoms with E-state index in [0.717, 1.165) is 22.2 Å². The Kier molecular flexibility index (Phi) is 6.75. The standard InChI is InChI=1S/C13H19BrN2OS/c1-16(13(17)12(15)6-7-18-2)9-10-4-3-5-11(14)8-10/h3-5,8,12H,6-7,9,15H2,1-2H3/t12-/m0/s1. The minimum absolute atomic E-state index is 0.00373. The Balaban J connectivity index is 2.54. The predicted octanol–water partition coefficient (Wildman–Crippen LogP) is 2.49. The third kappa shape index (κ3) is 5.00. The van der Waals surface area contributed by atoms with Gasteiger partial charge in [-0.05, 0) is 36.1 Å². The molecule has 0 saturated heterocycles. The Bertz CT molecular complexity index is 400. The van der Waals surface area contributed by atoms with Gasteiger partial charge in [0.25, 0.3) is 0 Å². The molecule has 0 radical (unpaired) electrons. The molecule has 0 fully saturated rings. The van der Waals surface area contributed by atoms with Gasteiger partial charge in [-0.2, -0.15) is 11.8 Å². The molecule has 1 atom stereocenters. The smallest absolute Gasteiger partial charge is 0.239 e. The SMILES string of the molecule is CSCC[C@H](N)C(=O)N(C)Cc1cccc(Br)c1. The zero-order valence-electron chi connectivity index (χ0n) is 10.7. The number of carbonyl (C=O) groups is 1. The number of halogens is 1. The van der Waals surface area contributed by atoms with Crippen LogP contribution < -0.4 is 5.73 Å². The lowest BCUT2D eigenvalue weighted by atomic mass is 10.2. The van der Waals surface area contributed by atoms with Crippen LogP contribution in [0, 0.1) is 0 Å². The van der Waals surface area contributed by atoms with Gasteiger partial charge in [-0.25, -0.2) is 0 Å². The summed E-state index contributed by atoms with van der Waals surface area (Å²) in [5.41, 5.74) is 6.97. The van der Waals surface area contributed by atoms with E-state index in [1.54, 1.807) is 23.7 Å². The first kappa shape index (κ1) is 15.5. The summed E-state index contributed by atoms with van der Waals surface area (Å²) in [6.07, 6.45) is 2.74. The monoisotopic (exact) mass is 330 g/mol. The average Bonchev–Trinajstić information content (AvgIpc) is 2.35. The molecule has 0 aliphatic carbocycles. The van der Waals surface area contributed by atoms with Gasteiger partial charge in [0.1, 0.15) is 0 Å². The van der Waals surface area contributed by atoms with Crippen LogP contribution in [0.2, 0.25) is 0 Å². The summed E-state index contributed by atoms with van der Waals surface area (Å²) in [4.78, 5) is 13.7. The number of likely N-dealkylation sites (N-methyl/N-ethyl adjacent to an activating group) is 1. The van der Waals surface area contributed by atoms with Gasteiger partial charge in [0.2, 0.25) is 5.91 Å². The van der Waals surface area contributed by atoms with Crippen LogP contribution in [0.15, 0.2) is 28.7 Å². The maximum absolute atomic E-state index is 12.0. The molecule has 1 rings (SSSR count). The summed E-state index contributed by atoms with van der Waals surface area (Å²) in [6.45, 7) is 0.589. The van der Waals surface area contributed by atoms with E-state index in [-0.39, 0.29) is 5.91 Å². The maximum Gasteiger partial charge on any atom is 0.239 e. The fourth-order valence-electron chi connectivity index (χ4n) is 1.64. The van der Waals surface area contributed by atoms with E-state index in [0.29, 0.717) is 6.54 Å². The molecule has 1 amide bonds. The Labute approximate surface area is 121 Å². The summed E-state index contributed by atoms with van der Waals surface area (Å²) in [5.74, 6) is 0.918. The number of benzene rings is 1. The van der Waals surface area contributed by atoms with Gasteiger partial charge < -0.3 is 10.6 Å². The summed E-state index contributed by atoms with van der Waals surface area (Å²) < 4.78 is 1.02. The van der Waals surface area contributed by atoms with Crippen LogP contribution in [0.5, 0.6) is 0 Å². The highest BCUT2D eigenvalue weighted by Crippen LogP contribution is 2.13. The average molecular weight is 331 g/mol. The van der Waals surface area contributed by atoms with E-state index in [1.165, 1.54) is 0 Å². The highest BCUT2D eigenvalue weighted by molar-refractivity contribution is 9.10. The molecule has 0 aliphatic heterocycles. The van der Waals surface area contributed by atoms with Crippen molar-refractivity contribution in [1.29, 1.82) is 0 Å². The van der Waals surface area contributed by atoms with Gasteiger partial charge in [0, 0.05) is 18.1 Å². The second kappa shape index (κ2) is 7.81. The fraction of sp³-hybridized carbons (Fsp3) is 0.462. The van der Waals surface area contributed by atoms with Crippen molar-refractivity contribution in [3.63, 3.8) is 0 Å². The lowest BCUT2D eigenvalue weighted by molar-refractivity contribution is -0.131. The third-order valence-corrected chi connectivity index (χ3v) is 3.77. The zero-order valence-corrected chi connectivity index (χ0v) is 13.1. The van der Waals surface area contributed by atoms with Crippen LogP contribution in [0.1, 0.15) is 12.0 Å². The maximum atomic E-state index is 12.0. The predicted molar refractivity (Wildman–Crippen MR) is 81.6 cm³/mol. The second-order valence-electron chi connectivity index (χ2n) is 4.21. The summed E-state index contributed by atoms with van der Waals surface area (Å²) >= 11 is 5.13. The topological polar surface area (TPSA) is 46.3 Å². The van der Waals surface area contributed by atoms with Crippen molar-refractivity contribution in [2.75, 3.05) is 19.1 Å². The van der Waals surface area contributed by atoms with Crippen molar-refractivity contribution in [3.05, 3.63) is 34.3 Å². The molecule has 0 unspecified atom stereocenters. The molecule has 3 nitrogen and oxygen atoms in total. The first-order valence-electron chi connectivity index (χ1n) is 5.78. The molecule has 2 N–H and O–H groups in total. The van der Waals surface area contributed by atoms with E-state index in [1.807, 2.05) is 30.5 Å². The van der Waals surface area contributed by atoms with Gasteiger partial charge >= 0.3 is 0 Å². The molecular formula is C13H19BrN2OS. The van der Waals surface area contributed by atoms with Crippen molar-refractivity contribution < 1.29 is 4.79 Å². The molecule has 1 aromatic carbocycles. The minimum Gasteiger partial charge on any atom is -0.340 e. The summed E-state index contributed by atoms with van der Waals surface area (Å²) in [7, 11) is 1.79. The fourth-order valence-corrected chi connectivity index (χ4v) is 2.57. The molecular weight excluding hydrogens is 312 g/mol. The number of rotatable bonds is 6. The Morgan fingerprint density at radius 2 is 2.28 bits per heavy atom. The number of carbonyl (C=O) groups excluding carboxylic acids is 1. The van der Waals surface area contributed by atoms with E-state index in [4.69, 9.17) is 5.73 Å². The van der Waals surface area contributed by atoms with Gasteiger partial charge in [-0.1, -0.05) is 28.1 Å². The first-order chi connectivity index (χ1) is 8.54. The van der Waals surface area contributed by atoms with Crippen LogP contribution in [0.25, 0.3) is 0 Å². The zero-order chi connectivity index (χ0) is 13.5. The third-order valence-electron chi connectivity index (χ3n) is 2.64. The van der Waals surface area contributed by atoms with Gasteiger partial charge in [0.05, 0.1) is 6.04 Å². The summed E-state index contributed by atoms with van der Waals surface area (Å²) in [6, 6.07) is 7.55. The normalized spacial score (nSPS) is 12.2. The van der Waals surface area contributed by atoms with E-state index in [2.05, 4.69) is 15.9 Å². The highest BCUT2D eigenvalue weighted by atomic mass is 79.9. The number of thioether (sulfide) groups is 1. The molecule has 0 saturated carbocycles. The largest absolute Gasteiger partial charge is 0.340 e. The van der Waals surface area contributed by atoms with Crippen LogP contribution >= 0.6 is 27.7 Å².